The van der Waals surface area contributed by atoms with Crippen LogP contribution in [-0.4, -0.2) is 38.6 Å². The monoisotopic (exact) mass is 202 g/mol. The van der Waals surface area contributed by atoms with Crippen molar-refractivity contribution in [3.05, 3.63) is 0 Å². The number of amides is 1. The minimum atomic E-state index is -1.26. The Kier molecular flexibility index (Phi) is 6.74. The van der Waals surface area contributed by atoms with Gasteiger partial charge in [-0.15, -0.1) is 0 Å². The minimum absolute atomic E-state index is 0.247. The Morgan fingerprint density at radius 1 is 1.43 bits per heavy atom. The Balaban J connectivity index is 3.55. The second-order valence-electron chi connectivity index (χ2n) is 3.39. The molecule has 82 valence electrons. The number of nitrogens with one attached hydrogen (secondary N) is 2. The van der Waals surface area contributed by atoms with Crippen LogP contribution in [0, 0.1) is 0 Å². The van der Waals surface area contributed by atoms with Crippen molar-refractivity contribution in [2.45, 2.75) is 19.8 Å². The zero-order valence-corrected chi connectivity index (χ0v) is 8.76. The van der Waals surface area contributed by atoms with Gasteiger partial charge in [0, 0.05) is 0 Å². The van der Waals surface area contributed by atoms with Gasteiger partial charge in [-0.2, -0.15) is 0 Å². The molecule has 0 aromatic heterocycles. The predicted molar refractivity (Wildman–Crippen MR) is 49.5 cm³/mol. The molecule has 2 N–H and O–H groups in total. The highest BCUT2D eigenvalue weighted by Crippen LogP contribution is 1.78. The fraction of sp³-hybridized carbons (Fsp3) is 0.778. The summed E-state index contributed by atoms with van der Waals surface area (Å²) in [5, 5.41) is 12.3. The van der Waals surface area contributed by atoms with Gasteiger partial charge in [0.1, 0.15) is 0 Å². The van der Waals surface area contributed by atoms with Gasteiger partial charge in [-0.1, -0.05) is 13.3 Å². The largest absolute Gasteiger partial charge is 0.548 e. The van der Waals surface area contributed by atoms with Gasteiger partial charge in [0.05, 0.1) is 26.1 Å². The molecule has 0 aromatic rings. The van der Waals surface area contributed by atoms with Crippen molar-refractivity contribution >= 4 is 11.9 Å². The maximum Gasteiger partial charge on any atom is 0.275 e. The number of rotatable bonds is 7. The van der Waals surface area contributed by atoms with Gasteiger partial charge in [0.2, 0.25) is 0 Å². The molecule has 0 aliphatic heterocycles. The average molecular weight is 202 g/mol. The molecule has 0 fully saturated rings. The second kappa shape index (κ2) is 7.32. The number of unbranched alkanes of at least 4 members (excludes halogenated alkanes) is 1. The van der Waals surface area contributed by atoms with E-state index in [0.717, 1.165) is 24.3 Å². The number of quaternary nitrogens is 1. The van der Waals surface area contributed by atoms with E-state index in [0.29, 0.717) is 6.54 Å². The molecular weight excluding hydrogens is 184 g/mol. The van der Waals surface area contributed by atoms with Crippen molar-refractivity contribution in [2.24, 2.45) is 0 Å². The molecule has 1 atom stereocenters. The predicted octanol–water partition coefficient (Wildman–Crippen LogP) is -2.83. The van der Waals surface area contributed by atoms with Crippen LogP contribution in [0.25, 0.3) is 0 Å². The number of likely N-dealkylation sites (N-methyl/N-ethyl adjacent to an activating group) is 1. The Hall–Kier alpha value is -1.10. The lowest BCUT2D eigenvalue weighted by molar-refractivity contribution is -0.871. The molecule has 5 nitrogen and oxygen atoms in total. The van der Waals surface area contributed by atoms with Gasteiger partial charge in [-0.25, -0.2) is 0 Å². The number of hydrogen-bond acceptors (Lipinski definition) is 3. The normalized spacial score (nSPS) is 12.1. The number of carboxylic acids is 1. The summed E-state index contributed by atoms with van der Waals surface area (Å²) in [4.78, 5) is 22.2. The van der Waals surface area contributed by atoms with Crippen LogP contribution in [0.3, 0.4) is 0 Å². The summed E-state index contributed by atoms with van der Waals surface area (Å²) < 4.78 is 0. The van der Waals surface area contributed by atoms with Crippen molar-refractivity contribution in [2.75, 3.05) is 26.7 Å². The van der Waals surface area contributed by atoms with Crippen molar-refractivity contribution in [3.63, 3.8) is 0 Å². The highest BCUT2D eigenvalue weighted by Gasteiger charge is 2.07. The van der Waals surface area contributed by atoms with Gasteiger partial charge in [0.25, 0.3) is 5.91 Å². The first-order valence-electron chi connectivity index (χ1n) is 4.84. The lowest BCUT2D eigenvalue weighted by Crippen LogP contribution is -3.10. The van der Waals surface area contributed by atoms with E-state index in [-0.39, 0.29) is 5.91 Å². The first kappa shape index (κ1) is 12.9. The summed E-state index contributed by atoms with van der Waals surface area (Å²) in [5.74, 6) is -1.51. The number of aliphatic carboxylic acids is 1. The molecule has 0 heterocycles. The van der Waals surface area contributed by atoms with Gasteiger partial charge in [0.15, 0.2) is 6.54 Å². The number of carbonyl (C=O) groups excluding carboxylic acids is 2. The molecule has 0 saturated heterocycles. The molecule has 5 heteroatoms. The Bertz CT molecular complexity index is 194. The molecule has 0 saturated carbocycles. The van der Waals surface area contributed by atoms with Gasteiger partial charge < -0.3 is 20.1 Å². The summed E-state index contributed by atoms with van der Waals surface area (Å²) in [5.41, 5.74) is 0. The molecular formula is C9H18N2O3. The maximum atomic E-state index is 11.1. The van der Waals surface area contributed by atoms with Crippen LogP contribution in [0.2, 0.25) is 0 Å². The zero-order chi connectivity index (χ0) is 11.0. The second-order valence-corrected chi connectivity index (χ2v) is 3.39. The summed E-state index contributed by atoms with van der Waals surface area (Å²) in [6.45, 7) is 2.92. The van der Waals surface area contributed by atoms with Crippen molar-refractivity contribution < 1.29 is 19.6 Å². The Morgan fingerprint density at radius 3 is 2.57 bits per heavy atom. The van der Waals surface area contributed by atoms with Gasteiger partial charge in [-0.3, -0.25) is 4.79 Å². The van der Waals surface area contributed by atoms with E-state index >= 15 is 0 Å². The van der Waals surface area contributed by atoms with Crippen LogP contribution >= 0.6 is 0 Å². The van der Waals surface area contributed by atoms with E-state index in [4.69, 9.17) is 0 Å². The Morgan fingerprint density at radius 2 is 2.07 bits per heavy atom. The van der Waals surface area contributed by atoms with Crippen LogP contribution in [0.1, 0.15) is 19.8 Å². The lowest BCUT2D eigenvalue weighted by atomic mass is 10.3. The quantitative estimate of drug-likeness (QED) is 0.467. The summed E-state index contributed by atoms with van der Waals surface area (Å²) in [6, 6.07) is 0. The van der Waals surface area contributed by atoms with Crippen molar-refractivity contribution in [3.8, 4) is 0 Å². The molecule has 0 spiro atoms. The minimum Gasteiger partial charge on any atom is -0.548 e. The zero-order valence-electron chi connectivity index (χ0n) is 8.76. The van der Waals surface area contributed by atoms with Crippen LogP contribution in [0.15, 0.2) is 0 Å². The highest BCUT2D eigenvalue weighted by molar-refractivity contribution is 5.81. The highest BCUT2D eigenvalue weighted by atomic mass is 16.4. The number of carboxylic acid groups (broad SMARTS) is 1. The fourth-order valence-corrected chi connectivity index (χ4v) is 1.07. The summed E-state index contributed by atoms with van der Waals surface area (Å²) in [6.07, 6.45) is 2.16. The van der Waals surface area contributed by atoms with Gasteiger partial charge in [-0.05, 0) is 6.42 Å². The van der Waals surface area contributed by atoms with Crippen LogP contribution < -0.4 is 15.3 Å². The van der Waals surface area contributed by atoms with E-state index in [1.807, 2.05) is 7.05 Å². The molecule has 0 radical (unpaired) electrons. The molecule has 14 heavy (non-hydrogen) atoms. The van der Waals surface area contributed by atoms with E-state index in [1.54, 1.807) is 0 Å². The van der Waals surface area contributed by atoms with E-state index in [9.17, 15) is 14.7 Å². The number of carbonyl (C=O) groups is 2. The van der Waals surface area contributed by atoms with Crippen LogP contribution in [0.5, 0.6) is 0 Å². The third kappa shape index (κ3) is 7.54. The van der Waals surface area contributed by atoms with Crippen LogP contribution in [0.4, 0.5) is 0 Å². The van der Waals surface area contributed by atoms with Crippen molar-refractivity contribution in [1.82, 2.24) is 5.32 Å². The third-order valence-corrected chi connectivity index (χ3v) is 1.85. The van der Waals surface area contributed by atoms with Gasteiger partial charge >= 0.3 is 0 Å². The topological polar surface area (TPSA) is 73.7 Å². The molecule has 1 unspecified atom stereocenters. The molecule has 0 bridgehead atoms. The first-order chi connectivity index (χ1) is 6.56. The first-order valence-corrected chi connectivity index (χ1v) is 4.84. The summed E-state index contributed by atoms with van der Waals surface area (Å²) >= 11 is 0. The molecule has 0 aromatic carbocycles. The van der Waals surface area contributed by atoms with Crippen molar-refractivity contribution in [1.29, 1.82) is 0 Å². The third-order valence-electron chi connectivity index (χ3n) is 1.85. The Labute approximate surface area is 84.1 Å². The molecule has 0 aliphatic carbocycles. The lowest BCUT2D eigenvalue weighted by Gasteiger charge is -2.13. The van der Waals surface area contributed by atoms with E-state index in [2.05, 4.69) is 12.2 Å². The van der Waals surface area contributed by atoms with E-state index in [1.165, 1.54) is 0 Å². The fourth-order valence-electron chi connectivity index (χ4n) is 1.07. The molecule has 0 aliphatic rings. The SMILES string of the molecule is CCCC[NH+](C)CC(=O)NCC(=O)[O-]. The molecule has 1 amide bonds. The smallest absolute Gasteiger partial charge is 0.275 e. The average Bonchev–Trinajstić information content (AvgIpc) is 2.11. The molecule has 0 rings (SSSR count). The summed E-state index contributed by atoms with van der Waals surface area (Å²) in [7, 11) is 1.91. The van der Waals surface area contributed by atoms with E-state index < -0.39 is 12.5 Å². The maximum absolute atomic E-state index is 11.1. The standard InChI is InChI=1S/C9H18N2O3/c1-3-4-5-11(2)7-8(12)10-6-9(13)14/h3-7H2,1-2H3,(H,10,12)(H,13,14). The number of hydrogen-bond donors (Lipinski definition) is 2. The van der Waals surface area contributed by atoms with Crippen LogP contribution in [-0.2, 0) is 9.59 Å².